The van der Waals surface area contributed by atoms with E-state index < -0.39 is 38.5 Å². The fourth-order valence-electron chi connectivity index (χ4n) is 3.46. The molecule has 2 heterocycles. The highest BCUT2D eigenvalue weighted by molar-refractivity contribution is 7.89. The predicted molar refractivity (Wildman–Crippen MR) is 108 cm³/mol. The van der Waals surface area contributed by atoms with E-state index in [-0.39, 0.29) is 18.1 Å². The van der Waals surface area contributed by atoms with Crippen molar-refractivity contribution in [1.82, 2.24) is 14.6 Å². The molecule has 0 aromatic carbocycles. The normalized spacial score (nSPS) is 28.9. The van der Waals surface area contributed by atoms with Crippen LogP contribution < -0.4 is 11.1 Å². The molecule has 8 nitrogen and oxygen atoms in total. The van der Waals surface area contributed by atoms with Crippen molar-refractivity contribution in [2.45, 2.75) is 32.7 Å². The molecule has 156 valence electrons. The highest BCUT2D eigenvalue weighted by atomic mass is 32.2. The smallest absolute Gasteiger partial charge is 0.273 e. The summed E-state index contributed by atoms with van der Waals surface area (Å²) in [5.41, 5.74) is 4.72. The summed E-state index contributed by atoms with van der Waals surface area (Å²) in [7, 11) is -2.44. The van der Waals surface area contributed by atoms with Gasteiger partial charge in [-0.3, -0.25) is 9.78 Å². The molecule has 1 aliphatic heterocycles. The Morgan fingerprint density at radius 2 is 2.00 bits per heavy atom. The zero-order valence-electron chi connectivity index (χ0n) is 16.7. The van der Waals surface area contributed by atoms with E-state index >= 15 is 0 Å². The van der Waals surface area contributed by atoms with Gasteiger partial charge in [-0.25, -0.2) is 22.1 Å². The first-order valence-electron chi connectivity index (χ1n) is 9.01. The molecule has 1 amide bonds. The third kappa shape index (κ3) is 3.64. The van der Waals surface area contributed by atoms with E-state index in [1.807, 2.05) is 6.92 Å². The number of hydrogen-bond acceptors (Lipinski definition) is 6. The summed E-state index contributed by atoms with van der Waals surface area (Å²) in [5, 5.41) is 2.74. The van der Waals surface area contributed by atoms with E-state index in [0.29, 0.717) is 5.70 Å². The van der Waals surface area contributed by atoms with E-state index in [2.05, 4.69) is 15.3 Å². The molecular formula is C19H24FN5O3S. The lowest BCUT2D eigenvalue weighted by Crippen LogP contribution is -2.58. The number of aromatic nitrogens is 1. The lowest BCUT2D eigenvalue weighted by atomic mass is 9.67. The van der Waals surface area contributed by atoms with Crippen molar-refractivity contribution in [3.05, 3.63) is 53.3 Å². The molecule has 0 bridgehead atoms. The van der Waals surface area contributed by atoms with Gasteiger partial charge in [0.2, 0.25) is 16.0 Å². The molecule has 3 N–H and O–H groups in total. The molecule has 1 aliphatic carbocycles. The number of aryl methyl sites for hydroxylation is 1. The van der Waals surface area contributed by atoms with Crippen LogP contribution in [0.5, 0.6) is 0 Å². The van der Waals surface area contributed by atoms with E-state index in [1.165, 1.54) is 19.2 Å². The first kappa shape index (κ1) is 21.0. The summed E-state index contributed by atoms with van der Waals surface area (Å²) >= 11 is 0. The number of halogens is 1. The molecule has 0 spiro atoms. The molecule has 0 saturated carbocycles. The average Bonchev–Trinajstić information content (AvgIpc) is 2.63. The number of aliphatic imine (C=N–C) groups is 1. The molecule has 29 heavy (non-hydrogen) atoms. The highest BCUT2D eigenvalue weighted by Gasteiger charge is 2.54. The summed E-state index contributed by atoms with van der Waals surface area (Å²) in [5.74, 6) is -1.56. The summed E-state index contributed by atoms with van der Waals surface area (Å²) < 4.78 is 40.9. The standard InChI is InChI=1S/C19H24FN5O3S/c1-12-5-7-14(22-10-12)16(26)23-13-6-8-15(20)18(2,9-13)19(3)11-29(27,28)25(4)17(21)24-19/h5-8,10H,9,11H2,1-4H3,(H2,21,24)(H,23,26)/t18?,19-/m0/s1. The quantitative estimate of drug-likeness (QED) is 0.769. The number of nitrogens with zero attached hydrogens (tertiary/aromatic N) is 3. The molecule has 10 heteroatoms. The minimum absolute atomic E-state index is 0.0411. The van der Waals surface area contributed by atoms with Crippen LogP contribution in [-0.4, -0.2) is 47.9 Å². The van der Waals surface area contributed by atoms with Gasteiger partial charge in [0.1, 0.15) is 11.5 Å². The van der Waals surface area contributed by atoms with Gasteiger partial charge in [-0.2, -0.15) is 0 Å². The molecule has 2 atom stereocenters. The Morgan fingerprint density at radius 1 is 1.31 bits per heavy atom. The van der Waals surface area contributed by atoms with Crippen LogP contribution in [0.2, 0.25) is 0 Å². The fourth-order valence-corrected chi connectivity index (χ4v) is 5.07. The molecule has 0 saturated heterocycles. The third-order valence-electron chi connectivity index (χ3n) is 5.67. The fraction of sp³-hybridized carbons (Fsp3) is 0.421. The topological polar surface area (TPSA) is 118 Å². The Bertz CT molecular complexity index is 1050. The van der Waals surface area contributed by atoms with E-state index in [9.17, 15) is 17.6 Å². The van der Waals surface area contributed by atoms with Crippen LogP contribution in [0.25, 0.3) is 0 Å². The SMILES string of the molecule is Cc1ccc(C(=O)NC2=CC=C(F)C(C)([C@]3(C)CS(=O)(=O)N(C)C(N)=N3)C2)nc1. The minimum Gasteiger partial charge on any atom is -0.369 e. The number of amides is 1. The van der Waals surface area contributed by atoms with Crippen molar-refractivity contribution in [3.63, 3.8) is 0 Å². The van der Waals surface area contributed by atoms with Crippen LogP contribution in [0, 0.1) is 12.3 Å². The number of carbonyl (C=O) groups is 1. The van der Waals surface area contributed by atoms with Gasteiger partial charge in [-0.05, 0) is 37.6 Å². The highest BCUT2D eigenvalue weighted by Crippen LogP contribution is 2.50. The maximum atomic E-state index is 15.0. The zero-order chi connectivity index (χ0) is 21.6. The van der Waals surface area contributed by atoms with Crippen LogP contribution in [0.3, 0.4) is 0 Å². The molecule has 1 aromatic heterocycles. The summed E-state index contributed by atoms with van der Waals surface area (Å²) in [4.78, 5) is 20.9. The Labute approximate surface area is 169 Å². The Hall–Kier alpha value is -2.75. The van der Waals surface area contributed by atoms with Crippen LogP contribution in [0.1, 0.15) is 36.3 Å². The maximum absolute atomic E-state index is 15.0. The summed E-state index contributed by atoms with van der Waals surface area (Å²) in [6, 6.07) is 3.36. The monoisotopic (exact) mass is 421 g/mol. The average molecular weight is 421 g/mol. The van der Waals surface area contributed by atoms with Gasteiger partial charge >= 0.3 is 0 Å². The second kappa shape index (κ2) is 6.94. The number of guanidine groups is 1. The van der Waals surface area contributed by atoms with Crippen molar-refractivity contribution in [2.24, 2.45) is 16.1 Å². The second-order valence-corrected chi connectivity index (χ2v) is 9.86. The Morgan fingerprint density at radius 3 is 2.59 bits per heavy atom. The third-order valence-corrected chi connectivity index (χ3v) is 7.62. The Balaban J connectivity index is 1.90. The first-order valence-corrected chi connectivity index (χ1v) is 10.6. The summed E-state index contributed by atoms with van der Waals surface area (Å²) in [6.07, 6.45) is 4.31. The van der Waals surface area contributed by atoms with Crippen molar-refractivity contribution in [1.29, 1.82) is 0 Å². The number of carbonyl (C=O) groups excluding carboxylic acids is 1. The van der Waals surface area contributed by atoms with Gasteiger partial charge in [-0.1, -0.05) is 13.0 Å². The van der Waals surface area contributed by atoms with Gasteiger partial charge in [0, 0.05) is 25.4 Å². The lowest BCUT2D eigenvalue weighted by Gasteiger charge is -2.47. The van der Waals surface area contributed by atoms with Crippen molar-refractivity contribution in [2.75, 3.05) is 12.8 Å². The van der Waals surface area contributed by atoms with Gasteiger partial charge < -0.3 is 11.1 Å². The van der Waals surface area contributed by atoms with Crippen LogP contribution >= 0.6 is 0 Å². The van der Waals surface area contributed by atoms with Crippen molar-refractivity contribution < 1.29 is 17.6 Å². The molecule has 1 aromatic rings. The summed E-state index contributed by atoms with van der Waals surface area (Å²) in [6.45, 7) is 5.00. The predicted octanol–water partition coefficient (Wildman–Crippen LogP) is 1.62. The number of hydrogen-bond donors (Lipinski definition) is 2. The number of nitrogens with two attached hydrogens (primary N) is 1. The molecule has 0 fully saturated rings. The van der Waals surface area contributed by atoms with Crippen LogP contribution in [0.4, 0.5) is 4.39 Å². The first-order chi connectivity index (χ1) is 13.4. The number of pyridine rings is 1. The van der Waals surface area contributed by atoms with Gasteiger partial charge in [0.05, 0.1) is 16.7 Å². The number of sulfonamides is 1. The van der Waals surface area contributed by atoms with Crippen LogP contribution in [-0.2, 0) is 10.0 Å². The van der Waals surface area contributed by atoms with E-state index in [0.717, 1.165) is 9.87 Å². The molecule has 0 radical (unpaired) electrons. The maximum Gasteiger partial charge on any atom is 0.273 e. The second-order valence-electron chi connectivity index (χ2n) is 7.86. The number of nitrogens with one attached hydrogen (secondary N) is 1. The Kier molecular flexibility index (Phi) is 5.02. The van der Waals surface area contributed by atoms with Gasteiger partial charge in [0.15, 0.2) is 0 Å². The molecule has 1 unspecified atom stereocenters. The zero-order valence-corrected chi connectivity index (χ0v) is 17.5. The molecule has 2 aliphatic rings. The van der Waals surface area contributed by atoms with E-state index in [1.54, 1.807) is 32.2 Å². The molecule has 3 rings (SSSR count). The van der Waals surface area contributed by atoms with Crippen molar-refractivity contribution >= 4 is 21.9 Å². The number of allylic oxidation sites excluding steroid dienone is 3. The van der Waals surface area contributed by atoms with Gasteiger partial charge in [0.25, 0.3) is 5.91 Å². The number of rotatable bonds is 3. The largest absolute Gasteiger partial charge is 0.369 e. The van der Waals surface area contributed by atoms with E-state index in [4.69, 9.17) is 5.73 Å². The van der Waals surface area contributed by atoms with Crippen molar-refractivity contribution in [3.8, 4) is 0 Å². The van der Waals surface area contributed by atoms with Crippen LogP contribution in [0.15, 0.2) is 47.0 Å². The molecular weight excluding hydrogens is 397 g/mol. The lowest BCUT2D eigenvalue weighted by molar-refractivity contribution is 0.0951. The van der Waals surface area contributed by atoms with Gasteiger partial charge in [-0.15, -0.1) is 0 Å². The minimum atomic E-state index is -3.75.